The minimum Gasteiger partial charge on any atom is -0.480 e. The van der Waals surface area contributed by atoms with Crippen LogP contribution < -0.4 is 10.5 Å². The highest BCUT2D eigenvalue weighted by Gasteiger charge is 2.35. The van der Waals surface area contributed by atoms with E-state index in [9.17, 15) is 19.6 Å². The van der Waals surface area contributed by atoms with Crippen LogP contribution in [0.4, 0.5) is 5.82 Å². The van der Waals surface area contributed by atoms with Gasteiger partial charge in [-0.3, -0.25) is 23.9 Å². The van der Waals surface area contributed by atoms with E-state index in [1.165, 1.54) is 0 Å². The summed E-state index contributed by atoms with van der Waals surface area (Å²) in [4.78, 5) is 40.3. The van der Waals surface area contributed by atoms with E-state index < -0.39 is 18.4 Å². The lowest BCUT2D eigenvalue weighted by atomic mass is 10.0. The number of thiocarbonyl (C=S) groups is 1. The number of nitrogens with zero attached hydrogens (tertiary/aromatic N) is 4. The minimum absolute atomic E-state index is 0.0113. The van der Waals surface area contributed by atoms with E-state index in [0.29, 0.717) is 36.6 Å². The molecule has 0 spiro atoms. The number of carboxylic acid groups (broad SMARTS) is 1. The smallest absolute Gasteiger partial charge is 0.323 e. The molecular weight excluding hydrogens is 452 g/mol. The van der Waals surface area contributed by atoms with Gasteiger partial charge >= 0.3 is 5.97 Å². The molecule has 2 aliphatic heterocycles. The second-order valence-electron chi connectivity index (χ2n) is 7.72. The van der Waals surface area contributed by atoms with Gasteiger partial charge in [-0.2, -0.15) is 5.26 Å². The molecule has 32 heavy (non-hydrogen) atoms. The zero-order valence-corrected chi connectivity index (χ0v) is 19.9. The number of hydrogen-bond acceptors (Lipinski definition) is 8. The summed E-state index contributed by atoms with van der Waals surface area (Å²) >= 11 is 6.21. The second-order valence-corrected chi connectivity index (χ2v) is 9.40. The van der Waals surface area contributed by atoms with Gasteiger partial charge in [0.25, 0.3) is 11.5 Å². The van der Waals surface area contributed by atoms with Gasteiger partial charge in [-0.15, -0.1) is 0 Å². The molecule has 170 valence electrons. The molecule has 2 aliphatic rings. The van der Waals surface area contributed by atoms with Crippen LogP contribution in [0.25, 0.3) is 6.08 Å². The molecule has 2 fully saturated rings. The molecule has 0 aromatic carbocycles. The van der Waals surface area contributed by atoms with Crippen molar-refractivity contribution in [3.63, 3.8) is 0 Å². The van der Waals surface area contributed by atoms with Gasteiger partial charge in [-0.05, 0) is 39.3 Å². The fraction of sp³-hybridized carbons (Fsp3) is 0.476. The van der Waals surface area contributed by atoms with Crippen molar-refractivity contribution in [2.24, 2.45) is 0 Å². The number of pyridine rings is 1. The molecule has 2 unspecified atom stereocenters. The van der Waals surface area contributed by atoms with Crippen molar-refractivity contribution in [2.45, 2.75) is 46.4 Å². The summed E-state index contributed by atoms with van der Waals surface area (Å²) in [6, 6.07) is 1.99. The average molecular weight is 477 g/mol. The third-order valence-corrected chi connectivity index (χ3v) is 6.70. The van der Waals surface area contributed by atoms with Crippen molar-refractivity contribution >= 4 is 52.1 Å². The van der Waals surface area contributed by atoms with Gasteiger partial charge in [-0.1, -0.05) is 24.0 Å². The molecule has 1 aromatic rings. The Bertz CT molecular complexity index is 1110. The van der Waals surface area contributed by atoms with Gasteiger partial charge in [-0.25, -0.2) is 0 Å². The predicted molar refractivity (Wildman–Crippen MR) is 126 cm³/mol. The Kier molecular flexibility index (Phi) is 7.07. The van der Waals surface area contributed by atoms with Crippen molar-refractivity contribution in [2.75, 3.05) is 24.5 Å². The molecule has 2 atom stereocenters. The van der Waals surface area contributed by atoms with E-state index >= 15 is 0 Å². The Balaban J connectivity index is 2.23. The molecule has 1 amide bonds. The number of carboxylic acids is 1. The first-order valence-electron chi connectivity index (χ1n) is 10.1. The topological polar surface area (TPSA) is 116 Å². The van der Waals surface area contributed by atoms with Crippen molar-refractivity contribution < 1.29 is 19.4 Å². The number of rotatable bonds is 5. The molecule has 0 radical (unpaired) electrons. The first-order chi connectivity index (χ1) is 15.1. The number of nitriles is 1. The maximum Gasteiger partial charge on any atom is 0.323 e. The number of ether oxygens (including phenoxy) is 1. The van der Waals surface area contributed by atoms with E-state index in [0.717, 1.165) is 16.7 Å². The predicted octanol–water partition coefficient (Wildman–Crippen LogP) is 1.95. The molecule has 1 N–H and O–H groups in total. The number of anilines is 1. The number of amides is 1. The van der Waals surface area contributed by atoms with Crippen LogP contribution in [-0.2, 0) is 20.9 Å². The molecule has 3 heterocycles. The van der Waals surface area contributed by atoms with Crippen LogP contribution in [0.3, 0.4) is 0 Å². The largest absolute Gasteiger partial charge is 0.480 e. The van der Waals surface area contributed by atoms with E-state index in [1.54, 1.807) is 17.6 Å². The highest BCUT2D eigenvalue weighted by molar-refractivity contribution is 8.26. The number of thioether (sulfide) groups is 1. The quantitative estimate of drug-likeness (QED) is 0.503. The van der Waals surface area contributed by atoms with E-state index in [4.69, 9.17) is 22.1 Å². The summed E-state index contributed by atoms with van der Waals surface area (Å²) < 4.78 is 7.53. The first kappa shape index (κ1) is 24.0. The Hall–Kier alpha value is -2.68. The summed E-state index contributed by atoms with van der Waals surface area (Å²) in [7, 11) is 0. The summed E-state index contributed by atoms with van der Waals surface area (Å²) in [5.74, 6) is -1.06. The Labute approximate surface area is 195 Å². The highest BCUT2D eigenvalue weighted by atomic mass is 32.2. The SMILES string of the molecule is CCn1c(N2CC(C)OC(C)C2)c(C=C2SC(=S)N(CC(=O)O)C2=O)c(C)c(C#N)c1=O. The monoisotopic (exact) mass is 476 g/mol. The Morgan fingerprint density at radius 2 is 1.97 bits per heavy atom. The Morgan fingerprint density at radius 3 is 2.50 bits per heavy atom. The van der Waals surface area contributed by atoms with Gasteiger partial charge in [0.05, 0.1) is 17.1 Å². The van der Waals surface area contributed by atoms with Crippen LogP contribution in [-0.4, -0.2) is 62.6 Å². The van der Waals surface area contributed by atoms with E-state index in [2.05, 4.69) is 0 Å². The lowest BCUT2D eigenvalue weighted by molar-refractivity contribution is -0.140. The average Bonchev–Trinajstić information content (AvgIpc) is 2.96. The van der Waals surface area contributed by atoms with Gasteiger partial charge in [0, 0.05) is 25.2 Å². The van der Waals surface area contributed by atoms with Crippen LogP contribution in [0.2, 0.25) is 0 Å². The number of aromatic nitrogens is 1. The maximum atomic E-state index is 13.1. The Morgan fingerprint density at radius 1 is 1.34 bits per heavy atom. The molecule has 0 bridgehead atoms. The highest BCUT2D eigenvalue weighted by Crippen LogP contribution is 2.36. The van der Waals surface area contributed by atoms with E-state index in [-0.39, 0.29) is 32.6 Å². The maximum absolute atomic E-state index is 13.1. The summed E-state index contributed by atoms with van der Waals surface area (Å²) in [5, 5.41) is 18.7. The molecule has 9 nitrogen and oxygen atoms in total. The van der Waals surface area contributed by atoms with Crippen LogP contribution in [0.1, 0.15) is 37.5 Å². The van der Waals surface area contributed by atoms with Crippen molar-refractivity contribution in [3.05, 3.63) is 31.9 Å². The summed E-state index contributed by atoms with van der Waals surface area (Å²) in [6.07, 6.45) is 1.47. The number of carbonyl (C=O) groups excluding carboxylic acids is 1. The van der Waals surface area contributed by atoms with E-state index in [1.807, 2.05) is 31.7 Å². The fourth-order valence-corrected chi connectivity index (χ4v) is 5.27. The molecule has 3 rings (SSSR count). The third-order valence-electron chi connectivity index (χ3n) is 5.32. The standard InChI is InChI=1S/C21H24N4O5S2/c1-5-24-18(23-8-11(2)30-12(3)9-23)14(13(4)15(7-22)19(24)28)6-16-20(29)25(10-17(26)27)21(31)32-16/h6,11-12H,5,8-10H2,1-4H3,(H,26,27). The number of carbonyl (C=O) groups is 2. The minimum atomic E-state index is -1.16. The van der Waals surface area contributed by atoms with Crippen LogP contribution in [0.5, 0.6) is 0 Å². The number of morpholine rings is 1. The lowest BCUT2D eigenvalue weighted by Gasteiger charge is -2.39. The number of hydrogen-bond donors (Lipinski definition) is 1. The first-order valence-corrected chi connectivity index (χ1v) is 11.4. The zero-order chi connectivity index (χ0) is 23.7. The number of aliphatic carboxylic acids is 1. The van der Waals surface area contributed by atoms with Crippen LogP contribution >= 0.6 is 24.0 Å². The van der Waals surface area contributed by atoms with Crippen LogP contribution in [0.15, 0.2) is 9.70 Å². The van der Waals surface area contributed by atoms with Gasteiger partial charge in [0.15, 0.2) is 0 Å². The second kappa shape index (κ2) is 9.44. The lowest BCUT2D eigenvalue weighted by Crippen LogP contribution is -2.48. The van der Waals surface area contributed by atoms with Crippen molar-refractivity contribution in [1.82, 2.24) is 9.47 Å². The van der Waals surface area contributed by atoms with Gasteiger partial charge in [0.2, 0.25) is 0 Å². The van der Waals surface area contributed by atoms with Gasteiger partial charge in [0.1, 0.15) is 28.3 Å². The molecule has 2 saturated heterocycles. The normalized spacial score (nSPS) is 22.5. The molecule has 1 aromatic heterocycles. The molecule has 0 saturated carbocycles. The fourth-order valence-electron chi connectivity index (χ4n) is 4.03. The summed E-state index contributed by atoms with van der Waals surface area (Å²) in [6.45, 7) is 8.29. The van der Waals surface area contributed by atoms with Crippen LogP contribution in [0, 0.1) is 18.3 Å². The van der Waals surface area contributed by atoms with Crippen molar-refractivity contribution in [1.29, 1.82) is 5.26 Å². The molecular formula is C21H24N4O5S2. The summed E-state index contributed by atoms with van der Waals surface area (Å²) in [5.41, 5.74) is 0.662. The van der Waals surface area contributed by atoms with Gasteiger partial charge < -0.3 is 14.7 Å². The third kappa shape index (κ3) is 4.44. The zero-order valence-electron chi connectivity index (χ0n) is 18.2. The molecule has 11 heteroatoms. The molecule has 0 aliphatic carbocycles. The van der Waals surface area contributed by atoms with Crippen molar-refractivity contribution in [3.8, 4) is 6.07 Å².